The Morgan fingerprint density at radius 2 is 0.744 bits per heavy atom. The molecule has 0 fully saturated rings. The number of unbranched alkanes of at least 4 members (excludes halogenated alkanes) is 26. The minimum Gasteiger partial charge on any atom is -0.417 e. The Kier molecular flexibility index (Phi) is 29.0. The maximum absolute atomic E-state index is 6.31. The van der Waals surface area contributed by atoms with Crippen molar-refractivity contribution in [2.75, 3.05) is 0 Å². The van der Waals surface area contributed by atoms with Crippen molar-refractivity contribution in [3.05, 3.63) is 0 Å². The van der Waals surface area contributed by atoms with Crippen molar-refractivity contribution in [1.82, 2.24) is 0 Å². The highest BCUT2D eigenvalue weighted by Crippen LogP contribution is 2.27. The van der Waals surface area contributed by atoms with Crippen molar-refractivity contribution in [2.24, 2.45) is 5.41 Å². The Labute approximate surface area is 250 Å². The van der Waals surface area contributed by atoms with Crippen LogP contribution < -0.4 is 0 Å². The zero-order valence-corrected chi connectivity index (χ0v) is 29.1. The molecule has 1 unspecified atom stereocenters. The van der Waals surface area contributed by atoms with Crippen LogP contribution in [0, 0.1) is 17.8 Å². The van der Waals surface area contributed by atoms with Gasteiger partial charge in [0.2, 0.25) is 0 Å². The van der Waals surface area contributed by atoms with E-state index in [-0.39, 0.29) is 0 Å². The van der Waals surface area contributed by atoms with Crippen LogP contribution in [0.15, 0.2) is 0 Å². The Balaban J connectivity index is 3.21. The molecule has 0 heterocycles. The normalized spacial score (nSPS) is 12.7. The molecule has 0 aromatic rings. The molecule has 0 bridgehead atoms. The molecule has 0 radical (unpaired) electrons. The average Bonchev–Trinajstić information content (AvgIpc) is 2.88. The van der Waals surface area contributed by atoms with E-state index in [4.69, 9.17) is 10.8 Å². The Hall–Kier alpha value is -0.263. The van der Waals surface area contributed by atoms with E-state index < -0.39 is 9.04 Å². The second kappa shape index (κ2) is 29.2. The van der Waals surface area contributed by atoms with Gasteiger partial charge in [0, 0.05) is 12.5 Å². The molecular weight excluding hydrogens is 488 g/mol. The molecule has 2 heteroatoms. The molecule has 0 aromatic heterocycles. The van der Waals surface area contributed by atoms with Gasteiger partial charge in [0.1, 0.15) is 0 Å². The first-order valence-corrected chi connectivity index (χ1v) is 20.7. The van der Waals surface area contributed by atoms with Gasteiger partial charge in [0.05, 0.1) is 0 Å². The zero-order valence-electron chi connectivity index (χ0n) is 27.9. The molecule has 0 N–H and O–H groups in total. The first kappa shape index (κ1) is 38.7. The largest absolute Gasteiger partial charge is 0.417 e. The van der Waals surface area contributed by atoms with Gasteiger partial charge < -0.3 is 4.43 Å². The third kappa shape index (κ3) is 30.5. The van der Waals surface area contributed by atoms with Crippen LogP contribution in [0.25, 0.3) is 0 Å². The minimum atomic E-state index is -0.938. The van der Waals surface area contributed by atoms with Crippen molar-refractivity contribution in [3.8, 4) is 12.3 Å². The molecule has 0 aliphatic carbocycles. The first-order chi connectivity index (χ1) is 18.9. The van der Waals surface area contributed by atoms with Crippen LogP contribution in [0.5, 0.6) is 0 Å². The van der Waals surface area contributed by atoms with Crippen LogP contribution in [-0.2, 0) is 4.43 Å². The summed E-state index contributed by atoms with van der Waals surface area (Å²) in [6, 6.07) is 0. The second-order valence-corrected chi connectivity index (χ2v) is 16.3. The molecule has 39 heavy (non-hydrogen) atoms. The van der Waals surface area contributed by atoms with Crippen molar-refractivity contribution >= 4 is 9.04 Å². The van der Waals surface area contributed by atoms with Crippen LogP contribution >= 0.6 is 0 Å². The Bertz CT molecular complexity index is 514. The fourth-order valence-corrected chi connectivity index (χ4v) is 7.03. The van der Waals surface area contributed by atoms with E-state index in [1.54, 1.807) is 0 Å². The first-order valence-electron chi connectivity index (χ1n) is 18.0. The fourth-order valence-electron chi connectivity index (χ4n) is 5.83. The third-order valence-electron chi connectivity index (χ3n) is 8.44. The molecule has 232 valence electrons. The summed E-state index contributed by atoms with van der Waals surface area (Å²) in [6.07, 6.45) is 45.3. The second-order valence-electron chi connectivity index (χ2n) is 14.0. The van der Waals surface area contributed by atoms with Gasteiger partial charge >= 0.3 is 0 Å². The molecule has 1 atom stereocenters. The highest BCUT2D eigenvalue weighted by Gasteiger charge is 2.25. The summed E-state index contributed by atoms with van der Waals surface area (Å²) in [7, 11) is -0.938. The number of hydrogen-bond acceptors (Lipinski definition) is 1. The van der Waals surface area contributed by atoms with Gasteiger partial charge in [0.15, 0.2) is 9.04 Å². The molecular formula is C37H74OSi. The summed E-state index contributed by atoms with van der Waals surface area (Å²) in [5, 5.41) is 0. The topological polar surface area (TPSA) is 9.23 Å². The van der Waals surface area contributed by atoms with Crippen LogP contribution in [0.2, 0.25) is 13.1 Å². The lowest BCUT2D eigenvalue weighted by atomic mass is 9.86. The standard InChI is InChI=1S/C37H74OSi/c1-7-8-9-10-11-12-13-14-15-16-17-18-19-20-21-22-23-24-25-26-27-28-29-30-31-32-33-34-35-36(37(2,3)4)38-39(5)6/h1,36,39H,8-35H2,2-6H3. The summed E-state index contributed by atoms with van der Waals surface area (Å²) in [5.74, 6) is 2.74. The van der Waals surface area contributed by atoms with E-state index >= 15 is 0 Å². The van der Waals surface area contributed by atoms with Gasteiger partial charge in [-0.1, -0.05) is 181 Å². The van der Waals surface area contributed by atoms with E-state index in [9.17, 15) is 0 Å². The van der Waals surface area contributed by atoms with Gasteiger partial charge in [-0.25, -0.2) is 0 Å². The monoisotopic (exact) mass is 563 g/mol. The van der Waals surface area contributed by atoms with Crippen molar-refractivity contribution in [1.29, 1.82) is 0 Å². The molecule has 0 amide bonds. The molecule has 0 aromatic carbocycles. The van der Waals surface area contributed by atoms with Gasteiger partial charge in [-0.05, 0) is 31.4 Å². The van der Waals surface area contributed by atoms with Crippen LogP contribution in [0.3, 0.4) is 0 Å². The summed E-state index contributed by atoms with van der Waals surface area (Å²) in [4.78, 5) is 0. The molecule has 0 aliphatic heterocycles. The summed E-state index contributed by atoms with van der Waals surface area (Å²) in [5.41, 5.74) is 0.292. The van der Waals surface area contributed by atoms with Crippen LogP contribution in [0.4, 0.5) is 0 Å². The number of rotatable bonds is 30. The molecule has 0 saturated heterocycles. The SMILES string of the molecule is C#CCCCCCCCCCCCCCCCCCCCCCCCCCCCCC(O[SiH](C)C)C(C)(C)C. The van der Waals surface area contributed by atoms with E-state index in [1.165, 1.54) is 173 Å². The van der Waals surface area contributed by atoms with Gasteiger partial charge in [-0.3, -0.25) is 0 Å². The number of hydrogen-bond donors (Lipinski definition) is 0. The van der Waals surface area contributed by atoms with E-state index in [0.717, 1.165) is 6.42 Å². The van der Waals surface area contributed by atoms with E-state index in [1.807, 2.05) is 0 Å². The zero-order chi connectivity index (χ0) is 28.9. The predicted molar refractivity (Wildman–Crippen MR) is 181 cm³/mol. The maximum Gasteiger partial charge on any atom is 0.171 e. The third-order valence-corrected chi connectivity index (χ3v) is 9.31. The van der Waals surface area contributed by atoms with Gasteiger partial charge in [-0.2, -0.15) is 0 Å². The molecule has 0 saturated carbocycles. The van der Waals surface area contributed by atoms with Crippen LogP contribution in [-0.4, -0.2) is 15.1 Å². The lowest BCUT2D eigenvalue weighted by molar-refractivity contribution is 0.0759. The fraction of sp³-hybridized carbons (Fsp3) is 0.946. The van der Waals surface area contributed by atoms with Gasteiger partial charge in [-0.15, -0.1) is 12.3 Å². The highest BCUT2D eigenvalue weighted by atomic mass is 28.3. The summed E-state index contributed by atoms with van der Waals surface area (Å²) >= 11 is 0. The van der Waals surface area contributed by atoms with Crippen molar-refractivity contribution in [3.63, 3.8) is 0 Å². The number of terminal acetylenes is 1. The van der Waals surface area contributed by atoms with Crippen molar-refractivity contribution in [2.45, 2.75) is 220 Å². The maximum atomic E-state index is 6.31. The quantitative estimate of drug-likeness (QED) is 0.0480. The minimum absolute atomic E-state index is 0.292. The predicted octanol–water partition coefficient (Wildman–Crippen LogP) is 13.0. The molecule has 1 nitrogen and oxygen atoms in total. The average molecular weight is 563 g/mol. The molecule has 0 rings (SSSR count). The van der Waals surface area contributed by atoms with E-state index in [2.05, 4.69) is 39.8 Å². The lowest BCUT2D eigenvalue weighted by Crippen LogP contribution is -2.33. The van der Waals surface area contributed by atoms with Crippen molar-refractivity contribution < 1.29 is 4.43 Å². The summed E-state index contributed by atoms with van der Waals surface area (Å²) in [6.45, 7) is 11.6. The van der Waals surface area contributed by atoms with Crippen LogP contribution in [0.1, 0.15) is 201 Å². The van der Waals surface area contributed by atoms with Gasteiger partial charge in [0.25, 0.3) is 0 Å². The molecule has 0 spiro atoms. The molecule has 0 aliphatic rings. The highest BCUT2D eigenvalue weighted by molar-refractivity contribution is 6.48. The Morgan fingerprint density at radius 1 is 0.487 bits per heavy atom. The smallest absolute Gasteiger partial charge is 0.171 e. The lowest BCUT2D eigenvalue weighted by Gasteiger charge is -2.32. The van der Waals surface area contributed by atoms with E-state index in [0.29, 0.717) is 11.5 Å². The summed E-state index contributed by atoms with van der Waals surface area (Å²) < 4.78 is 6.31. The Morgan fingerprint density at radius 3 is 0.974 bits per heavy atom.